The third-order valence-electron chi connectivity index (χ3n) is 3.12. The lowest BCUT2D eigenvalue weighted by Gasteiger charge is -2.10. The minimum atomic E-state index is 0.487. The van der Waals surface area contributed by atoms with Gasteiger partial charge in [-0.25, -0.2) is 0 Å². The number of hydrogen-bond donors (Lipinski definition) is 0. The molecule has 0 unspecified atom stereocenters. The van der Waals surface area contributed by atoms with E-state index in [4.69, 9.17) is 14.2 Å². The molecule has 0 aliphatic heterocycles. The smallest absolute Gasteiger partial charge is 0.122 e. The van der Waals surface area contributed by atoms with Crippen molar-refractivity contribution in [3.8, 4) is 17.2 Å². The Morgan fingerprint density at radius 1 is 0.800 bits per heavy atom. The van der Waals surface area contributed by atoms with E-state index in [1.54, 1.807) is 14.2 Å². The summed E-state index contributed by atoms with van der Waals surface area (Å²) in [6.07, 6.45) is 1.00. The van der Waals surface area contributed by atoms with Crippen LogP contribution in [0.3, 0.4) is 0 Å². The van der Waals surface area contributed by atoms with Crippen molar-refractivity contribution in [3.63, 3.8) is 0 Å². The molecule has 2 aromatic carbocycles. The van der Waals surface area contributed by atoms with E-state index in [0.29, 0.717) is 6.61 Å². The fourth-order valence-electron chi connectivity index (χ4n) is 1.97. The summed E-state index contributed by atoms with van der Waals surface area (Å²) >= 11 is 0. The molecule has 0 saturated heterocycles. The predicted octanol–water partition coefficient (Wildman–Crippen LogP) is 3.85. The molecule has 0 radical (unpaired) electrons. The second-order valence-corrected chi connectivity index (χ2v) is 4.51. The summed E-state index contributed by atoms with van der Waals surface area (Å²) in [6, 6.07) is 13.9. The van der Waals surface area contributed by atoms with Gasteiger partial charge in [-0.15, -0.1) is 0 Å². The molecule has 0 spiro atoms. The maximum Gasteiger partial charge on any atom is 0.122 e. The summed E-state index contributed by atoms with van der Waals surface area (Å²) in [5.74, 6) is 2.42. The van der Waals surface area contributed by atoms with Crippen LogP contribution < -0.4 is 14.2 Å². The third-order valence-corrected chi connectivity index (χ3v) is 3.12. The van der Waals surface area contributed by atoms with Crippen LogP contribution in [0.4, 0.5) is 0 Å². The fraction of sp³-hybridized carbons (Fsp3) is 0.294. The average molecular weight is 272 g/mol. The molecule has 0 amide bonds. The Morgan fingerprint density at radius 2 is 1.45 bits per heavy atom. The summed E-state index contributed by atoms with van der Waals surface area (Å²) in [7, 11) is 3.29. The van der Waals surface area contributed by atoms with Crippen molar-refractivity contribution in [2.75, 3.05) is 14.2 Å². The van der Waals surface area contributed by atoms with Crippen LogP contribution in [0.25, 0.3) is 0 Å². The molecule has 3 heteroatoms. The van der Waals surface area contributed by atoms with E-state index in [1.807, 2.05) is 30.3 Å². The zero-order chi connectivity index (χ0) is 14.4. The number of benzene rings is 2. The van der Waals surface area contributed by atoms with Crippen LogP contribution in [0, 0.1) is 0 Å². The van der Waals surface area contributed by atoms with Crippen molar-refractivity contribution in [2.45, 2.75) is 20.0 Å². The van der Waals surface area contributed by atoms with Crippen LogP contribution in [-0.4, -0.2) is 14.2 Å². The zero-order valence-corrected chi connectivity index (χ0v) is 12.2. The predicted molar refractivity (Wildman–Crippen MR) is 79.7 cm³/mol. The second kappa shape index (κ2) is 6.85. The van der Waals surface area contributed by atoms with Gasteiger partial charge in [0.1, 0.15) is 23.9 Å². The topological polar surface area (TPSA) is 27.7 Å². The summed E-state index contributed by atoms with van der Waals surface area (Å²) < 4.78 is 16.3. The van der Waals surface area contributed by atoms with Gasteiger partial charge in [0, 0.05) is 6.07 Å². The van der Waals surface area contributed by atoms with E-state index in [2.05, 4.69) is 19.1 Å². The molecule has 3 nitrogen and oxygen atoms in total. The number of aryl methyl sites for hydroxylation is 1. The van der Waals surface area contributed by atoms with E-state index in [0.717, 1.165) is 29.2 Å². The molecule has 0 atom stereocenters. The summed E-state index contributed by atoms with van der Waals surface area (Å²) in [6.45, 7) is 2.62. The van der Waals surface area contributed by atoms with Gasteiger partial charge in [-0.05, 0) is 41.8 Å². The van der Waals surface area contributed by atoms with E-state index < -0.39 is 0 Å². The first-order valence-electron chi connectivity index (χ1n) is 6.69. The first-order chi connectivity index (χ1) is 9.75. The first kappa shape index (κ1) is 14.3. The van der Waals surface area contributed by atoms with E-state index in [9.17, 15) is 0 Å². The molecule has 0 bridgehead atoms. The van der Waals surface area contributed by atoms with Crippen LogP contribution in [-0.2, 0) is 13.0 Å². The van der Waals surface area contributed by atoms with Crippen LogP contribution in [0.1, 0.15) is 18.1 Å². The molecule has 0 fully saturated rings. The quantitative estimate of drug-likeness (QED) is 0.799. The lowest BCUT2D eigenvalue weighted by molar-refractivity contribution is 0.303. The molecule has 106 valence electrons. The Kier molecular flexibility index (Phi) is 4.88. The molecule has 2 rings (SSSR count). The van der Waals surface area contributed by atoms with Gasteiger partial charge in [0.05, 0.1) is 14.2 Å². The summed E-state index contributed by atoms with van der Waals surface area (Å²) in [5.41, 5.74) is 2.29. The number of ether oxygens (including phenoxy) is 3. The SMILES string of the molecule is CCc1cccc(OCc2cc(OC)cc(OC)c2)c1. The standard InChI is InChI=1S/C17H20O3/c1-4-13-6-5-7-15(8-13)20-12-14-9-16(18-2)11-17(10-14)19-3/h5-11H,4,12H2,1-3H3. The third kappa shape index (κ3) is 3.67. The molecule has 0 heterocycles. The highest BCUT2D eigenvalue weighted by Gasteiger charge is 2.03. The Morgan fingerprint density at radius 3 is 2.05 bits per heavy atom. The molecule has 0 saturated carbocycles. The van der Waals surface area contributed by atoms with Crippen molar-refractivity contribution in [1.82, 2.24) is 0 Å². The van der Waals surface area contributed by atoms with Crippen molar-refractivity contribution in [3.05, 3.63) is 53.6 Å². The van der Waals surface area contributed by atoms with Gasteiger partial charge in [0.15, 0.2) is 0 Å². The van der Waals surface area contributed by atoms with Gasteiger partial charge < -0.3 is 14.2 Å². The number of hydrogen-bond acceptors (Lipinski definition) is 3. The Labute approximate surface area is 120 Å². The lowest BCUT2D eigenvalue weighted by Crippen LogP contribution is -1.98. The molecule has 2 aromatic rings. The van der Waals surface area contributed by atoms with Gasteiger partial charge in [-0.2, -0.15) is 0 Å². The van der Waals surface area contributed by atoms with Crippen molar-refractivity contribution in [2.24, 2.45) is 0 Å². The fourth-order valence-corrected chi connectivity index (χ4v) is 1.97. The van der Waals surface area contributed by atoms with E-state index in [-0.39, 0.29) is 0 Å². The molecule has 0 aromatic heterocycles. The van der Waals surface area contributed by atoms with Crippen molar-refractivity contribution < 1.29 is 14.2 Å². The highest BCUT2D eigenvalue weighted by Crippen LogP contribution is 2.24. The molecular formula is C17H20O3. The lowest BCUT2D eigenvalue weighted by atomic mass is 10.1. The molecule has 20 heavy (non-hydrogen) atoms. The summed E-state index contributed by atoms with van der Waals surface area (Å²) in [5, 5.41) is 0. The monoisotopic (exact) mass is 272 g/mol. The average Bonchev–Trinajstić information content (AvgIpc) is 2.52. The number of rotatable bonds is 6. The van der Waals surface area contributed by atoms with Gasteiger partial charge in [0.2, 0.25) is 0 Å². The van der Waals surface area contributed by atoms with Crippen molar-refractivity contribution >= 4 is 0 Å². The highest BCUT2D eigenvalue weighted by molar-refractivity contribution is 5.38. The van der Waals surface area contributed by atoms with E-state index in [1.165, 1.54) is 5.56 Å². The van der Waals surface area contributed by atoms with Crippen molar-refractivity contribution in [1.29, 1.82) is 0 Å². The minimum absolute atomic E-state index is 0.487. The largest absolute Gasteiger partial charge is 0.497 e. The number of methoxy groups -OCH3 is 2. The first-order valence-corrected chi connectivity index (χ1v) is 6.69. The van der Waals surface area contributed by atoms with Crippen LogP contribution in [0.15, 0.2) is 42.5 Å². The van der Waals surface area contributed by atoms with Gasteiger partial charge in [-0.3, -0.25) is 0 Å². The van der Waals surface area contributed by atoms with Crippen LogP contribution in [0.2, 0.25) is 0 Å². The van der Waals surface area contributed by atoms with Gasteiger partial charge >= 0.3 is 0 Å². The van der Waals surface area contributed by atoms with Crippen LogP contribution in [0.5, 0.6) is 17.2 Å². The molecular weight excluding hydrogens is 252 g/mol. The Hall–Kier alpha value is -2.16. The van der Waals surface area contributed by atoms with Gasteiger partial charge in [0.25, 0.3) is 0 Å². The van der Waals surface area contributed by atoms with E-state index >= 15 is 0 Å². The molecule has 0 aliphatic carbocycles. The maximum absolute atomic E-state index is 5.82. The second-order valence-electron chi connectivity index (χ2n) is 4.51. The normalized spacial score (nSPS) is 10.2. The zero-order valence-electron chi connectivity index (χ0n) is 12.2. The Balaban J connectivity index is 2.09. The summed E-state index contributed by atoms with van der Waals surface area (Å²) in [4.78, 5) is 0. The maximum atomic E-state index is 5.82. The Bertz CT molecular complexity index is 542. The van der Waals surface area contributed by atoms with Gasteiger partial charge in [-0.1, -0.05) is 19.1 Å². The van der Waals surface area contributed by atoms with Crippen LogP contribution >= 0.6 is 0 Å². The molecule has 0 aliphatic rings. The molecule has 0 N–H and O–H groups in total. The minimum Gasteiger partial charge on any atom is -0.497 e. The highest BCUT2D eigenvalue weighted by atomic mass is 16.5.